The maximum atomic E-state index is 10.9. The van der Waals surface area contributed by atoms with E-state index in [1.165, 1.54) is 39.8 Å². The third-order valence-corrected chi connectivity index (χ3v) is 9.07. The average Bonchev–Trinajstić information content (AvgIpc) is 2.97. The molecule has 2 aromatic carbocycles. The molecule has 0 saturated carbocycles. The van der Waals surface area contributed by atoms with E-state index in [9.17, 15) is 5.11 Å². The van der Waals surface area contributed by atoms with Crippen molar-refractivity contribution in [2.75, 3.05) is 31.6 Å². The summed E-state index contributed by atoms with van der Waals surface area (Å²) in [4.78, 5) is 15.4. The molecule has 1 unspecified atom stereocenters. The lowest BCUT2D eigenvalue weighted by atomic mass is 9.87. The van der Waals surface area contributed by atoms with Crippen molar-refractivity contribution < 1.29 is 5.11 Å². The van der Waals surface area contributed by atoms with E-state index in [1.807, 2.05) is 0 Å². The fourth-order valence-electron chi connectivity index (χ4n) is 6.55. The summed E-state index contributed by atoms with van der Waals surface area (Å²) in [6, 6.07) is 15.9. The van der Waals surface area contributed by atoms with Crippen LogP contribution in [0.3, 0.4) is 0 Å². The molecular formula is C33H45N5O. The topological polar surface area (TPSA) is 78.5 Å². The van der Waals surface area contributed by atoms with Gasteiger partial charge in [-0.25, -0.2) is 9.97 Å². The molecule has 1 atom stereocenters. The van der Waals surface area contributed by atoms with Gasteiger partial charge in [-0.15, -0.1) is 0 Å². The summed E-state index contributed by atoms with van der Waals surface area (Å²) in [7, 11) is 2.24. The zero-order valence-electron chi connectivity index (χ0n) is 24.2. The summed E-state index contributed by atoms with van der Waals surface area (Å²) in [5.41, 5.74) is 14.1. The van der Waals surface area contributed by atoms with Crippen LogP contribution in [-0.4, -0.2) is 52.3 Å². The molecule has 6 nitrogen and oxygen atoms in total. The zero-order chi connectivity index (χ0) is 27.6. The molecule has 1 aliphatic heterocycles. The van der Waals surface area contributed by atoms with Gasteiger partial charge in [-0.2, -0.15) is 0 Å². The Bertz CT molecular complexity index is 1270. The number of fused-ring (bicyclic) bond motifs is 1. The molecule has 3 N–H and O–H groups in total. The lowest BCUT2D eigenvalue weighted by Crippen LogP contribution is -2.49. The van der Waals surface area contributed by atoms with Crippen LogP contribution in [0.25, 0.3) is 11.4 Å². The monoisotopic (exact) mass is 527 g/mol. The predicted molar refractivity (Wildman–Crippen MR) is 160 cm³/mol. The number of hydrogen-bond donors (Lipinski definition) is 2. The van der Waals surface area contributed by atoms with Gasteiger partial charge in [0.25, 0.3) is 0 Å². The van der Waals surface area contributed by atoms with E-state index in [-0.39, 0.29) is 0 Å². The largest absolute Gasteiger partial charge is 0.388 e. The quantitative estimate of drug-likeness (QED) is 0.410. The lowest BCUT2D eigenvalue weighted by molar-refractivity contribution is 0.0248. The normalized spacial score (nSPS) is 18.8. The molecule has 2 heterocycles. The molecule has 1 aromatic heterocycles. The van der Waals surface area contributed by atoms with Crippen molar-refractivity contribution in [3.8, 4) is 11.4 Å². The zero-order valence-corrected chi connectivity index (χ0v) is 24.2. The van der Waals surface area contributed by atoms with Crippen LogP contribution >= 0.6 is 0 Å². The number of piperidine rings is 1. The second kappa shape index (κ2) is 11.7. The smallest absolute Gasteiger partial charge is 0.162 e. The molecule has 0 amide bonds. The van der Waals surface area contributed by atoms with Gasteiger partial charge in [0, 0.05) is 49.0 Å². The number of aliphatic hydroxyl groups is 1. The van der Waals surface area contributed by atoms with Gasteiger partial charge in [0.2, 0.25) is 0 Å². The first-order chi connectivity index (χ1) is 18.9. The van der Waals surface area contributed by atoms with Gasteiger partial charge >= 0.3 is 0 Å². The van der Waals surface area contributed by atoms with Gasteiger partial charge in [0.15, 0.2) is 5.82 Å². The standard InChI is InChI=1S/C33H45N5O/c1-5-24-12-9-13-25(6-2)30(24)31-35-23(3)28(32(36-31)38-19-17-33(39,22-34)18-20-38)21-37(4)29-16-10-14-26-11-7-8-15-27(26)29/h7-9,11-13,15,29,39H,5-6,10,14,16-22,34H2,1-4H3. The highest BCUT2D eigenvalue weighted by Gasteiger charge is 2.33. The number of anilines is 1. The van der Waals surface area contributed by atoms with Crippen molar-refractivity contribution in [2.45, 2.75) is 83.9 Å². The van der Waals surface area contributed by atoms with Crippen molar-refractivity contribution in [3.63, 3.8) is 0 Å². The summed E-state index contributed by atoms with van der Waals surface area (Å²) in [6.45, 7) is 9.12. The highest BCUT2D eigenvalue weighted by Crippen LogP contribution is 2.37. The molecule has 5 rings (SSSR count). The van der Waals surface area contributed by atoms with E-state index >= 15 is 0 Å². The fourth-order valence-corrected chi connectivity index (χ4v) is 6.55. The Morgan fingerprint density at radius 3 is 2.38 bits per heavy atom. The average molecular weight is 528 g/mol. The third-order valence-electron chi connectivity index (χ3n) is 9.07. The molecule has 0 radical (unpaired) electrons. The fraction of sp³-hybridized carbons (Fsp3) is 0.515. The molecule has 39 heavy (non-hydrogen) atoms. The molecule has 1 fully saturated rings. The van der Waals surface area contributed by atoms with Crippen LogP contribution in [0.4, 0.5) is 5.82 Å². The minimum atomic E-state index is -0.783. The second-order valence-electron chi connectivity index (χ2n) is 11.5. The van der Waals surface area contributed by atoms with E-state index in [0.29, 0.717) is 25.4 Å². The van der Waals surface area contributed by atoms with Gasteiger partial charge in [-0.3, -0.25) is 4.90 Å². The minimum absolute atomic E-state index is 0.301. The van der Waals surface area contributed by atoms with Crippen molar-refractivity contribution in [1.82, 2.24) is 14.9 Å². The van der Waals surface area contributed by atoms with Gasteiger partial charge in [-0.05, 0) is 81.2 Å². The molecule has 3 aromatic rings. The van der Waals surface area contributed by atoms with Crippen LogP contribution in [0.1, 0.15) is 79.1 Å². The van der Waals surface area contributed by atoms with E-state index < -0.39 is 5.60 Å². The van der Waals surface area contributed by atoms with Crippen LogP contribution < -0.4 is 10.6 Å². The maximum Gasteiger partial charge on any atom is 0.162 e. The summed E-state index contributed by atoms with van der Waals surface area (Å²) < 4.78 is 0. The first-order valence-electron chi connectivity index (χ1n) is 14.8. The van der Waals surface area contributed by atoms with Crippen LogP contribution in [0, 0.1) is 6.92 Å². The third kappa shape index (κ3) is 5.60. The molecule has 0 spiro atoms. The summed E-state index contributed by atoms with van der Waals surface area (Å²) in [6.07, 6.45) is 6.73. The first-order valence-corrected chi connectivity index (χ1v) is 14.8. The van der Waals surface area contributed by atoms with Crippen LogP contribution in [-0.2, 0) is 25.8 Å². The molecule has 2 aliphatic rings. The van der Waals surface area contributed by atoms with Crippen molar-refractivity contribution >= 4 is 5.82 Å². The van der Waals surface area contributed by atoms with E-state index in [2.05, 4.69) is 80.1 Å². The lowest BCUT2D eigenvalue weighted by Gasteiger charge is -2.39. The molecule has 1 aliphatic carbocycles. The first kappa shape index (κ1) is 27.8. The van der Waals surface area contributed by atoms with Crippen LogP contribution in [0.2, 0.25) is 0 Å². The molecular weight excluding hydrogens is 482 g/mol. The maximum absolute atomic E-state index is 10.9. The van der Waals surface area contributed by atoms with Gasteiger partial charge < -0.3 is 15.7 Å². The molecule has 6 heteroatoms. The highest BCUT2D eigenvalue weighted by atomic mass is 16.3. The van der Waals surface area contributed by atoms with Gasteiger partial charge in [0.1, 0.15) is 5.82 Å². The number of aromatic nitrogens is 2. The van der Waals surface area contributed by atoms with Gasteiger partial charge in [0.05, 0.1) is 5.60 Å². The molecule has 0 bridgehead atoms. The van der Waals surface area contributed by atoms with Crippen molar-refractivity contribution in [2.24, 2.45) is 5.73 Å². The van der Waals surface area contributed by atoms with E-state index in [0.717, 1.165) is 62.7 Å². The van der Waals surface area contributed by atoms with Crippen LogP contribution in [0.5, 0.6) is 0 Å². The van der Waals surface area contributed by atoms with Crippen molar-refractivity contribution in [3.05, 3.63) is 76.0 Å². The Balaban J connectivity index is 1.56. The Hall–Kier alpha value is -2.80. The summed E-state index contributed by atoms with van der Waals surface area (Å²) >= 11 is 0. The molecule has 1 saturated heterocycles. The summed E-state index contributed by atoms with van der Waals surface area (Å²) in [5.74, 6) is 1.84. The Morgan fingerprint density at radius 1 is 1.03 bits per heavy atom. The van der Waals surface area contributed by atoms with Crippen LogP contribution in [0.15, 0.2) is 42.5 Å². The Kier molecular flexibility index (Phi) is 8.36. The highest BCUT2D eigenvalue weighted by molar-refractivity contribution is 5.68. The summed E-state index contributed by atoms with van der Waals surface area (Å²) in [5, 5.41) is 10.9. The number of nitrogens with two attached hydrogens (primary N) is 1. The minimum Gasteiger partial charge on any atom is -0.388 e. The van der Waals surface area contributed by atoms with E-state index in [4.69, 9.17) is 15.7 Å². The number of rotatable bonds is 8. The predicted octanol–water partition coefficient (Wildman–Crippen LogP) is 5.38. The number of hydrogen-bond acceptors (Lipinski definition) is 6. The SMILES string of the molecule is CCc1cccc(CC)c1-c1nc(C)c(CN(C)C2CCCc3ccccc32)c(N2CCC(O)(CN)CC2)n1. The van der Waals surface area contributed by atoms with Gasteiger partial charge in [-0.1, -0.05) is 56.3 Å². The molecule has 208 valence electrons. The number of aryl methyl sites for hydroxylation is 4. The van der Waals surface area contributed by atoms with Crippen molar-refractivity contribution in [1.29, 1.82) is 0 Å². The Morgan fingerprint density at radius 2 is 1.72 bits per heavy atom. The van der Waals surface area contributed by atoms with E-state index in [1.54, 1.807) is 0 Å². The Labute approximate surface area is 234 Å². The second-order valence-corrected chi connectivity index (χ2v) is 11.5. The number of nitrogens with zero attached hydrogens (tertiary/aromatic N) is 4. The number of benzene rings is 2.